The summed E-state index contributed by atoms with van der Waals surface area (Å²) in [6.07, 6.45) is 1.90. The highest BCUT2D eigenvalue weighted by molar-refractivity contribution is 7.95. The van der Waals surface area contributed by atoms with Gasteiger partial charge in [-0.25, -0.2) is 13.4 Å². The summed E-state index contributed by atoms with van der Waals surface area (Å²) in [5, 5.41) is 7.81. The third-order valence-corrected chi connectivity index (χ3v) is 5.42. The largest absolute Gasteiger partial charge is 0.568 e. The number of hydrogen-bond acceptors (Lipinski definition) is 8. The molecule has 1 aliphatic rings. The Morgan fingerprint density at radius 3 is 2.52 bits per heavy atom. The van der Waals surface area contributed by atoms with Gasteiger partial charge in [-0.2, -0.15) is 17.5 Å². The summed E-state index contributed by atoms with van der Waals surface area (Å²) >= 11 is 0.957. The van der Waals surface area contributed by atoms with Crippen LogP contribution in [-0.2, 0) is 10.0 Å². The van der Waals surface area contributed by atoms with E-state index in [1.54, 1.807) is 13.0 Å². The molecule has 13 heteroatoms. The van der Waals surface area contributed by atoms with E-state index in [0.29, 0.717) is 11.5 Å². The van der Waals surface area contributed by atoms with E-state index in [2.05, 4.69) is 24.3 Å². The molecule has 2 aromatic rings. The monoisotopic (exact) mass is 419 g/mol. The maximum atomic E-state index is 12.7. The summed E-state index contributed by atoms with van der Waals surface area (Å²) < 4.78 is 68.1. The van der Waals surface area contributed by atoms with Crippen LogP contribution in [0.2, 0.25) is 0 Å². The number of hydrogen-bond donors (Lipinski definition) is 0. The molecule has 3 rings (SSSR count). The van der Waals surface area contributed by atoms with Gasteiger partial charge < -0.3 is 9.62 Å². The Bertz CT molecular complexity index is 952. The highest BCUT2D eigenvalue weighted by Crippen LogP contribution is 2.42. The highest BCUT2D eigenvalue weighted by Gasteiger charge is 2.39. The lowest BCUT2D eigenvalue weighted by Crippen LogP contribution is -2.21. The minimum Gasteiger partial charge on any atom is -0.568 e. The number of alkyl halides is 3. The molecule has 1 aliphatic heterocycles. The number of sulfonamides is 1. The predicted octanol–water partition coefficient (Wildman–Crippen LogP) is 4.72. The Morgan fingerprint density at radius 1 is 1.22 bits per heavy atom. The fourth-order valence-corrected chi connectivity index (χ4v) is 3.46. The number of aryl methyl sites for hydroxylation is 1. The normalized spacial score (nSPS) is 15.6. The van der Waals surface area contributed by atoms with Gasteiger partial charge in [0.1, 0.15) is 5.82 Å². The lowest BCUT2D eigenvalue weighted by molar-refractivity contribution is -0.0425. The second-order valence-corrected chi connectivity index (χ2v) is 8.03. The number of aromatic nitrogens is 2. The molecule has 0 aliphatic carbocycles. The lowest BCUT2D eigenvalue weighted by atomic mass is 10.2. The van der Waals surface area contributed by atoms with Gasteiger partial charge in [0, 0.05) is 30.3 Å². The van der Waals surface area contributed by atoms with Gasteiger partial charge in [0.15, 0.2) is 10.0 Å². The van der Waals surface area contributed by atoms with Gasteiger partial charge in [0.25, 0.3) is 0 Å². The molecule has 1 aromatic carbocycles. The van der Waals surface area contributed by atoms with E-state index in [9.17, 15) is 21.6 Å². The van der Waals surface area contributed by atoms with Crippen LogP contribution in [0.4, 0.5) is 35.4 Å². The van der Waals surface area contributed by atoms with Crippen LogP contribution in [0, 0.1) is 6.92 Å². The van der Waals surface area contributed by atoms with E-state index in [-0.39, 0.29) is 10.8 Å². The molecule has 0 amide bonds. The molecule has 146 valence electrons. The second kappa shape index (κ2) is 7.38. The average molecular weight is 419 g/mol. The van der Waals surface area contributed by atoms with Crippen molar-refractivity contribution in [2.24, 2.45) is 10.2 Å². The highest BCUT2D eigenvalue weighted by atomic mass is 32.2. The standard InChI is InChI=1S/C14H14F3N6O2S2/c1-9-18-13(26-21-9)20-19-11-5-4-10(23-6-2-3-7-23)8-12(11)22-27(24,25)14(15,16)17/h4-5,8H,2-3,6-7H2,1H3/q-1. The zero-order valence-electron chi connectivity index (χ0n) is 14.0. The molecule has 0 saturated carbocycles. The number of anilines is 1. The van der Waals surface area contributed by atoms with Crippen LogP contribution in [0.1, 0.15) is 18.7 Å². The summed E-state index contributed by atoms with van der Waals surface area (Å²) in [6, 6.07) is 4.30. The second-order valence-electron chi connectivity index (χ2n) is 5.70. The molecule has 8 nitrogen and oxygen atoms in total. The van der Waals surface area contributed by atoms with Crippen LogP contribution in [-0.4, -0.2) is 36.4 Å². The van der Waals surface area contributed by atoms with Crippen molar-refractivity contribution in [1.82, 2.24) is 9.36 Å². The van der Waals surface area contributed by atoms with E-state index in [1.807, 2.05) is 4.90 Å². The van der Waals surface area contributed by atoms with Crippen molar-refractivity contribution in [2.75, 3.05) is 18.0 Å². The molecule has 0 bridgehead atoms. The quantitative estimate of drug-likeness (QED) is 0.653. The molecule has 1 aromatic heterocycles. The first-order valence-electron chi connectivity index (χ1n) is 7.81. The van der Waals surface area contributed by atoms with Gasteiger partial charge in [-0.3, -0.25) is 0 Å². The van der Waals surface area contributed by atoms with Crippen molar-refractivity contribution in [3.63, 3.8) is 0 Å². The SMILES string of the molecule is Cc1nsc(N=Nc2ccc(N3CCCC3)cc2[N-]S(=O)(=O)C(F)(F)F)n1. The van der Waals surface area contributed by atoms with Crippen LogP contribution in [0.5, 0.6) is 0 Å². The zero-order valence-corrected chi connectivity index (χ0v) is 15.6. The van der Waals surface area contributed by atoms with Crippen LogP contribution in [0.3, 0.4) is 0 Å². The Balaban J connectivity index is 1.97. The maximum Gasteiger partial charge on any atom is 0.483 e. The van der Waals surface area contributed by atoms with Crippen molar-refractivity contribution in [1.29, 1.82) is 0 Å². The summed E-state index contributed by atoms with van der Waals surface area (Å²) in [7, 11) is -5.71. The van der Waals surface area contributed by atoms with Gasteiger partial charge >= 0.3 is 5.51 Å². The average Bonchev–Trinajstić information content (AvgIpc) is 3.24. The topological polar surface area (TPSA) is 102 Å². The number of azo groups is 1. The third kappa shape index (κ3) is 4.53. The van der Waals surface area contributed by atoms with Crippen LogP contribution < -0.4 is 4.90 Å². The van der Waals surface area contributed by atoms with Gasteiger partial charge in [0.2, 0.25) is 5.13 Å². The maximum absolute atomic E-state index is 12.7. The summed E-state index contributed by atoms with van der Waals surface area (Å²) in [5.41, 5.74) is -5.46. The molecule has 0 atom stereocenters. The number of rotatable bonds is 5. The fraction of sp³-hybridized carbons (Fsp3) is 0.429. The van der Waals surface area contributed by atoms with Crippen molar-refractivity contribution >= 4 is 43.7 Å². The minimum atomic E-state index is -5.71. The first-order chi connectivity index (χ1) is 12.7. The molecule has 0 N–H and O–H groups in total. The van der Waals surface area contributed by atoms with E-state index >= 15 is 0 Å². The first kappa shape index (κ1) is 19.5. The molecule has 1 fully saturated rings. The predicted molar refractivity (Wildman–Crippen MR) is 94.7 cm³/mol. The van der Waals surface area contributed by atoms with Gasteiger partial charge in [-0.1, -0.05) is 11.8 Å². The molecule has 0 unspecified atom stereocenters. The summed E-state index contributed by atoms with van der Waals surface area (Å²) in [6.45, 7) is 3.11. The van der Waals surface area contributed by atoms with Crippen LogP contribution in [0.25, 0.3) is 4.72 Å². The van der Waals surface area contributed by atoms with E-state index in [1.165, 1.54) is 12.1 Å². The van der Waals surface area contributed by atoms with Gasteiger partial charge in [-0.05, 0) is 31.9 Å². The van der Waals surface area contributed by atoms with Crippen molar-refractivity contribution in [3.8, 4) is 0 Å². The van der Waals surface area contributed by atoms with E-state index in [4.69, 9.17) is 0 Å². The Labute approximate surface area is 157 Å². The zero-order chi connectivity index (χ0) is 19.7. The van der Waals surface area contributed by atoms with Gasteiger partial charge in [0.05, 0.1) is 5.69 Å². The first-order valence-corrected chi connectivity index (χ1v) is 10.0. The molecular weight excluding hydrogens is 405 g/mol. The Kier molecular flexibility index (Phi) is 5.33. The van der Waals surface area contributed by atoms with Crippen LogP contribution >= 0.6 is 11.5 Å². The molecule has 27 heavy (non-hydrogen) atoms. The smallest absolute Gasteiger partial charge is 0.483 e. The lowest BCUT2D eigenvalue weighted by Gasteiger charge is -2.27. The van der Waals surface area contributed by atoms with E-state index < -0.39 is 21.2 Å². The molecule has 0 spiro atoms. The molecular formula is C14H14F3N6O2S2-. The van der Waals surface area contributed by atoms with Crippen molar-refractivity contribution < 1.29 is 21.6 Å². The molecule has 1 saturated heterocycles. The minimum absolute atomic E-state index is 0.112. The van der Waals surface area contributed by atoms with E-state index in [0.717, 1.165) is 37.5 Å². The molecule has 0 radical (unpaired) electrons. The number of nitrogens with zero attached hydrogens (tertiary/aromatic N) is 6. The Hall–Kier alpha value is -2.28. The summed E-state index contributed by atoms with van der Waals surface area (Å²) in [5.74, 6) is 0.475. The van der Waals surface area contributed by atoms with Crippen molar-refractivity contribution in [3.05, 3.63) is 28.7 Å². The number of halogens is 3. The van der Waals surface area contributed by atoms with Crippen molar-refractivity contribution in [2.45, 2.75) is 25.3 Å². The molecule has 2 heterocycles. The summed E-state index contributed by atoms with van der Waals surface area (Å²) in [4.78, 5) is 5.90. The van der Waals surface area contributed by atoms with Gasteiger partial charge in [-0.15, -0.1) is 10.2 Å². The van der Waals surface area contributed by atoms with Crippen LogP contribution in [0.15, 0.2) is 28.4 Å². The number of benzene rings is 1. The fourth-order valence-electron chi connectivity index (χ4n) is 2.45. The third-order valence-electron chi connectivity index (χ3n) is 3.70. The Morgan fingerprint density at radius 2 is 1.93 bits per heavy atom.